The molecule has 0 bridgehead atoms. The maximum Gasteiger partial charge on any atom is 0.488 e. The van der Waals surface area contributed by atoms with E-state index in [0.717, 1.165) is 5.19 Å². The van der Waals surface area contributed by atoms with Crippen LogP contribution in [0.4, 0.5) is 0 Å². The van der Waals surface area contributed by atoms with Gasteiger partial charge in [-0.2, -0.15) is 0 Å². The molecule has 1 atom stereocenters. The fourth-order valence-corrected chi connectivity index (χ4v) is 11.6. The molecule has 0 saturated carbocycles. The first-order valence-electron chi connectivity index (χ1n) is 6.43. The zero-order chi connectivity index (χ0) is 15.4. The molecule has 21 heavy (non-hydrogen) atoms. The largest absolute Gasteiger partial charge is 0.488 e. The van der Waals surface area contributed by atoms with E-state index >= 15 is 0 Å². The Balaban J connectivity index is 0.00000400. The SMILES string of the molecule is CO[Si](C)(OC)O[Si](C)(O[Si](C)(C)O)c1ccccc1.[Y]. The molecular weight excluding hydrogens is 397 g/mol. The standard InChI is InChI=1S/C12H24O5Si3.Y/c1-14-20(6,15-2)17-19(5,16-18(3,4)13)12-10-8-7-9-11-12;/h7-11,13H,1-6H3;. The van der Waals surface area contributed by atoms with E-state index in [1.807, 2.05) is 43.4 Å². The fourth-order valence-electron chi connectivity index (χ4n) is 1.88. The second-order valence-corrected chi connectivity index (χ2v) is 14.8. The topological polar surface area (TPSA) is 57.2 Å². The Kier molecular flexibility index (Phi) is 8.89. The van der Waals surface area contributed by atoms with E-state index in [0.29, 0.717) is 0 Å². The first-order valence-corrected chi connectivity index (χ1v) is 13.8. The Labute approximate surface area is 155 Å². The molecule has 1 rings (SSSR count). The molecule has 9 heteroatoms. The van der Waals surface area contributed by atoms with Crippen molar-refractivity contribution in [3.8, 4) is 0 Å². The number of benzene rings is 1. The van der Waals surface area contributed by atoms with E-state index in [2.05, 4.69) is 0 Å². The summed E-state index contributed by atoms with van der Waals surface area (Å²) >= 11 is 0. The van der Waals surface area contributed by atoms with Gasteiger partial charge < -0.3 is 21.9 Å². The molecule has 0 aliphatic rings. The molecule has 1 aromatic rings. The van der Waals surface area contributed by atoms with Crippen LogP contribution < -0.4 is 5.19 Å². The zero-order valence-electron chi connectivity index (χ0n) is 13.5. The van der Waals surface area contributed by atoms with Gasteiger partial charge in [-0.15, -0.1) is 0 Å². The third-order valence-corrected chi connectivity index (χ3v) is 12.3. The van der Waals surface area contributed by atoms with Crippen LogP contribution >= 0.6 is 0 Å². The predicted molar refractivity (Wildman–Crippen MR) is 85.2 cm³/mol. The van der Waals surface area contributed by atoms with Crippen LogP contribution in [0, 0.1) is 0 Å². The van der Waals surface area contributed by atoms with Gasteiger partial charge in [-0.25, -0.2) is 0 Å². The van der Waals surface area contributed by atoms with Crippen molar-refractivity contribution in [1.82, 2.24) is 0 Å². The molecule has 1 aromatic carbocycles. The van der Waals surface area contributed by atoms with E-state index in [4.69, 9.17) is 17.1 Å². The maximum atomic E-state index is 10.2. The summed E-state index contributed by atoms with van der Waals surface area (Å²) in [4.78, 5) is 10.2. The molecule has 0 spiro atoms. The first kappa shape index (κ1) is 21.8. The third-order valence-electron chi connectivity index (χ3n) is 2.86. The average molecular weight is 421 g/mol. The minimum absolute atomic E-state index is 0. The molecule has 0 aliphatic carbocycles. The quantitative estimate of drug-likeness (QED) is 0.677. The molecule has 1 unspecified atom stereocenters. The molecule has 0 heterocycles. The Morgan fingerprint density at radius 1 is 0.857 bits per heavy atom. The van der Waals surface area contributed by atoms with Gasteiger partial charge in [0.15, 0.2) is 0 Å². The second-order valence-electron chi connectivity index (χ2n) is 5.23. The Morgan fingerprint density at radius 2 is 1.33 bits per heavy atom. The molecule has 117 valence electrons. The molecule has 1 radical (unpaired) electrons. The van der Waals surface area contributed by atoms with Gasteiger partial charge in [0.2, 0.25) is 0 Å². The maximum absolute atomic E-state index is 10.2. The van der Waals surface area contributed by atoms with Gasteiger partial charge in [-0.3, -0.25) is 0 Å². The van der Waals surface area contributed by atoms with Crippen LogP contribution in [-0.2, 0) is 49.8 Å². The van der Waals surface area contributed by atoms with Gasteiger partial charge in [0.25, 0.3) is 0 Å². The zero-order valence-corrected chi connectivity index (χ0v) is 19.4. The molecular formula is C12H24O5Si3Y. The van der Waals surface area contributed by atoms with Gasteiger partial charge in [-0.1, -0.05) is 30.3 Å². The van der Waals surface area contributed by atoms with Crippen LogP contribution in [0.2, 0.25) is 26.2 Å². The monoisotopic (exact) mass is 421 g/mol. The van der Waals surface area contributed by atoms with Gasteiger partial charge >= 0.3 is 25.9 Å². The van der Waals surface area contributed by atoms with Crippen LogP contribution in [0.5, 0.6) is 0 Å². The van der Waals surface area contributed by atoms with Crippen LogP contribution in [0.15, 0.2) is 30.3 Å². The van der Waals surface area contributed by atoms with Crippen molar-refractivity contribution in [1.29, 1.82) is 0 Å². The van der Waals surface area contributed by atoms with Crippen molar-refractivity contribution in [2.75, 3.05) is 14.2 Å². The van der Waals surface area contributed by atoms with Crippen LogP contribution in [0.1, 0.15) is 0 Å². The van der Waals surface area contributed by atoms with Gasteiger partial charge in [0.05, 0.1) is 0 Å². The number of hydrogen-bond donors (Lipinski definition) is 1. The first-order chi connectivity index (χ1) is 9.14. The summed E-state index contributed by atoms with van der Waals surface area (Å²) < 4.78 is 23.0. The summed E-state index contributed by atoms with van der Waals surface area (Å²) in [6, 6.07) is 9.69. The van der Waals surface area contributed by atoms with E-state index in [1.165, 1.54) is 0 Å². The fraction of sp³-hybridized carbons (Fsp3) is 0.500. The third kappa shape index (κ3) is 6.82. The molecule has 0 aliphatic heterocycles. The molecule has 0 amide bonds. The average Bonchev–Trinajstić information content (AvgIpc) is 2.37. The van der Waals surface area contributed by atoms with E-state index in [9.17, 15) is 4.80 Å². The van der Waals surface area contributed by atoms with E-state index < -0.39 is 25.9 Å². The number of hydrogen-bond acceptors (Lipinski definition) is 5. The van der Waals surface area contributed by atoms with Crippen LogP contribution in [-0.4, -0.2) is 44.9 Å². The predicted octanol–water partition coefficient (Wildman–Crippen LogP) is 1.55. The van der Waals surface area contributed by atoms with Gasteiger partial charge in [0, 0.05) is 53.5 Å². The summed E-state index contributed by atoms with van der Waals surface area (Å²) in [6.45, 7) is 7.18. The summed E-state index contributed by atoms with van der Waals surface area (Å²) in [5, 5.41) is 0.947. The van der Waals surface area contributed by atoms with E-state index in [1.54, 1.807) is 27.3 Å². The molecule has 0 saturated heterocycles. The summed E-state index contributed by atoms with van der Waals surface area (Å²) in [6.07, 6.45) is 0. The van der Waals surface area contributed by atoms with Gasteiger partial charge in [-0.05, 0) is 24.8 Å². The van der Waals surface area contributed by atoms with Crippen LogP contribution in [0.25, 0.3) is 0 Å². The molecule has 0 aromatic heterocycles. The minimum Gasteiger partial charge on any atom is -0.412 e. The van der Waals surface area contributed by atoms with E-state index in [-0.39, 0.29) is 32.7 Å². The van der Waals surface area contributed by atoms with Crippen LogP contribution in [0.3, 0.4) is 0 Å². The van der Waals surface area contributed by atoms with Crippen molar-refractivity contribution in [2.24, 2.45) is 0 Å². The number of rotatable bonds is 7. The minimum atomic E-state index is -2.81. The Morgan fingerprint density at radius 3 is 1.71 bits per heavy atom. The molecule has 5 nitrogen and oxygen atoms in total. The summed E-state index contributed by atoms with van der Waals surface area (Å²) in [5.74, 6) is 0. The van der Waals surface area contributed by atoms with Gasteiger partial charge in [0.1, 0.15) is 0 Å². The molecule has 0 fully saturated rings. The van der Waals surface area contributed by atoms with Crippen molar-refractivity contribution in [2.45, 2.75) is 26.2 Å². The smallest absolute Gasteiger partial charge is 0.412 e. The van der Waals surface area contributed by atoms with Crippen molar-refractivity contribution >= 4 is 31.1 Å². The van der Waals surface area contributed by atoms with Crippen molar-refractivity contribution in [3.05, 3.63) is 30.3 Å². The molecule has 1 N–H and O–H groups in total. The van der Waals surface area contributed by atoms with Crippen molar-refractivity contribution < 1.29 is 54.6 Å². The van der Waals surface area contributed by atoms with Crippen molar-refractivity contribution in [3.63, 3.8) is 0 Å². The second kappa shape index (κ2) is 8.58. The Bertz CT molecular complexity index is 425. The summed E-state index contributed by atoms with van der Waals surface area (Å²) in [5.41, 5.74) is 0. The summed E-state index contributed by atoms with van der Waals surface area (Å²) in [7, 11) is -5.20. The Hall–Kier alpha value is 0.775. The normalized spacial score (nSPS) is 15.2.